The van der Waals surface area contributed by atoms with E-state index >= 15 is 0 Å². The third kappa shape index (κ3) is 2.81. The summed E-state index contributed by atoms with van der Waals surface area (Å²) < 4.78 is 1.23. The standard InChI is InChI=1S/C16H12IN5S/c17-10-3-1-2-9(4-10)5-12-14(20-7-19-12)13-6-11-15(18)21-8-22-16(11)23-13/h1-4,6-8H,5H2,(H,19,20)(H2,18,21,22). The van der Waals surface area contributed by atoms with Gasteiger partial charge < -0.3 is 10.7 Å². The Balaban J connectivity index is 1.75. The van der Waals surface area contributed by atoms with Crippen molar-refractivity contribution in [2.24, 2.45) is 0 Å². The summed E-state index contributed by atoms with van der Waals surface area (Å²) in [6.07, 6.45) is 4.04. The number of thiophene rings is 1. The summed E-state index contributed by atoms with van der Waals surface area (Å²) >= 11 is 3.91. The first kappa shape index (κ1) is 14.6. The van der Waals surface area contributed by atoms with Crippen LogP contribution in [0.5, 0.6) is 0 Å². The lowest BCUT2D eigenvalue weighted by atomic mass is 10.1. The maximum atomic E-state index is 5.93. The fourth-order valence-electron chi connectivity index (χ4n) is 2.51. The van der Waals surface area contributed by atoms with Gasteiger partial charge in [0.2, 0.25) is 0 Å². The molecule has 0 spiro atoms. The second-order valence-electron chi connectivity index (χ2n) is 5.12. The Hall–Kier alpha value is -2.00. The molecule has 0 amide bonds. The van der Waals surface area contributed by atoms with Crippen molar-refractivity contribution in [2.45, 2.75) is 6.42 Å². The van der Waals surface area contributed by atoms with Crippen LogP contribution in [0.4, 0.5) is 5.82 Å². The van der Waals surface area contributed by atoms with Gasteiger partial charge in [-0.15, -0.1) is 11.3 Å². The lowest BCUT2D eigenvalue weighted by Gasteiger charge is -2.02. The van der Waals surface area contributed by atoms with Crippen molar-refractivity contribution in [3.8, 4) is 10.6 Å². The molecule has 5 nitrogen and oxygen atoms in total. The maximum Gasteiger partial charge on any atom is 0.135 e. The van der Waals surface area contributed by atoms with Crippen LogP contribution in [0.3, 0.4) is 0 Å². The first-order valence-corrected chi connectivity index (χ1v) is 8.87. The number of H-pyrrole nitrogens is 1. The van der Waals surface area contributed by atoms with Crippen LogP contribution in [-0.4, -0.2) is 19.9 Å². The molecular weight excluding hydrogens is 421 g/mol. The molecule has 0 radical (unpaired) electrons. The minimum atomic E-state index is 0.507. The molecule has 3 heterocycles. The highest BCUT2D eigenvalue weighted by atomic mass is 127. The quantitative estimate of drug-likeness (QED) is 0.481. The van der Waals surface area contributed by atoms with Gasteiger partial charge >= 0.3 is 0 Å². The molecule has 7 heteroatoms. The SMILES string of the molecule is Nc1ncnc2sc(-c3nc[nH]c3Cc3cccc(I)c3)cc12. The molecule has 0 unspecified atom stereocenters. The number of hydrogen-bond acceptors (Lipinski definition) is 5. The molecule has 4 aromatic rings. The number of aromatic amines is 1. The second-order valence-corrected chi connectivity index (χ2v) is 7.40. The maximum absolute atomic E-state index is 5.93. The van der Waals surface area contributed by atoms with Gasteiger partial charge in [-0.2, -0.15) is 0 Å². The molecule has 114 valence electrons. The van der Waals surface area contributed by atoms with Gasteiger partial charge in [0.05, 0.1) is 16.6 Å². The van der Waals surface area contributed by atoms with Gasteiger partial charge in [-0.1, -0.05) is 12.1 Å². The van der Waals surface area contributed by atoms with Gasteiger partial charge in [-0.25, -0.2) is 15.0 Å². The van der Waals surface area contributed by atoms with Crippen molar-refractivity contribution in [1.29, 1.82) is 0 Å². The van der Waals surface area contributed by atoms with E-state index < -0.39 is 0 Å². The van der Waals surface area contributed by atoms with Crippen molar-refractivity contribution in [1.82, 2.24) is 19.9 Å². The number of hydrogen-bond donors (Lipinski definition) is 2. The summed E-state index contributed by atoms with van der Waals surface area (Å²) in [6, 6.07) is 10.5. The molecule has 0 saturated heterocycles. The molecule has 3 aromatic heterocycles. The number of anilines is 1. The zero-order valence-electron chi connectivity index (χ0n) is 12.0. The van der Waals surface area contributed by atoms with Gasteiger partial charge in [-0.05, 0) is 46.4 Å². The highest BCUT2D eigenvalue weighted by Gasteiger charge is 2.14. The zero-order chi connectivity index (χ0) is 15.8. The minimum absolute atomic E-state index is 0.507. The van der Waals surface area contributed by atoms with Crippen LogP contribution >= 0.6 is 33.9 Å². The van der Waals surface area contributed by atoms with Gasteiger partial charge in [0, 0.05) is 15.7 Å². The fourth-order valence-corrected chi connectivity index (χ4v) is 4.15. The van der Waals surface area contributed by atoms with E-state index in [1.807, 2.05) is 6.07 Å². The molecule has 4 rings (SSSR count). The van der Waals surface area contributed by atoms with Crippen LogP contribution < -0.4 is 5.73 Å². The Bertz CT molecular complexity index is 991. The molecule has 0 saturated carbocycles. The molecule has 0 aliphatic heterocycles. The Kier molecular flexibility index (Phi) is 3.74. The molecule has 3 N–H and O–H groups in total. The molecule has 0 atom stereocenters. The molecule has 0 aliphatic rings. The third-order valence-corrected chi connectivity index (χ3v) is 5.30. The Morgan fingerprint density at radius 2 is 2.09 bits per heavy atom. The van der Waals surface area contributed by atoms with Gasteiger partial charge in [0.15, 0.2) is 0 Å². The van der Waals surface area contributed by atoms with Crippen LogP contribution in [-0.2, 0) is 6.42 Å². The van der Waals surface area contributed by atoms with E-state index in [1.54, 1.807) is 17.7 Å². The first-order valence-electron chi connectivity index (χ1n) is 6.98. The predicted octanol–water partition coefficient (Wildman–Crippen LogP) is 3.86. The summed E-state index contributed by atoms with van der Waals surface area (Å²) in [7, 11) is 0. The summed E-state index contributed by atoms with van der Waals surface area (Å²) in [5.41, 5.74) is 9.22. The van der Waals surface area contributed by atoms with Crippen LogP contribution in [0.25, 0.3) is 20.8 Å². The second kappa shape index (κ2) is 5.89. The molecular formula is C16H12IN5S. The highest BCUT2D eigenvalue weighted by molar-refractivity contribution is 14.1. The van der Waals surface area contributed by atoms with Gasteiger partial charge in [-0.3, -0.25) is 0 Å². The Morgan fingerprint density at radius 3 is 2.91 bits per heavy atom. The number of aromatic nitrogens is 4. The third-order valence-electron chi connectivity index (χ3n) is 3.58. The van der Waals surface area contributed by atoms with Crippen LogP contribution in [0, 0.1) is 3.57 Å². The monoisotopic (exact) mass is 433 g/mol. The molecule has 0 aliphatic carbocycles. The smallest absolute Gasteiger partial charge is 0.135 e. The summed E-state index contributed by atoms with van der Waals surface area (Å²) in [5.74, 6) is 0.507. The number of benzene rings is 1. The van der Waals surface area contributed by atoms with E-state index in [0.717, 1.165) is 32.9 Å². The van der Waals surface area contributed by atoms with Gasteiger partial charge in [0.1, 0.15) is 22.7 Å². The van der Waals surface area contributed by atoms with Crippen molar-refractivity contribution >= 4 is 50.0 Å². The van der Waals surface area contributed by atoms with Crippen LogP contribution in [0.15, 0.2) is 43.0 Å². The predicted molar refractivity (Wildman–Crippen MR) is 101 cm³/mol. The average Bonchev–Trinajstić information content (AvgIpc) is 3.14. The minimum Gasteiger partial charge on any atom is -0.383 e. The average molecular weight is 433 g/mol. The number of nitrogens with one attached hydrogen (secondary N) is 1. The molecule has 0 fully saturated rings. The Labute approximate surface area is 150 Å². The number of nitrogens with zero attached hydrogens (tertiary/aromatic N) is 3. The number of imidazole rings is 1. The van der Waals surface area contributed by atoms with Crippen molar-refractivity contribution < 1.29 is 0 Å². The number of halogens is 1. The van der Waals surface area contributed by atoms with Gasteiger partial charge in [0.25, 0.3) is 0 Å². The summed E-state index contributed by atoms with van der Waals surface area (Å²) in [6.45, 7) is 0. The van der Waals surface area contributed by atoms with Crippen LogP contribution in [0.2, 0.25) is 0 Å². The normalized spacial score (nSPS) is 11.2. The van der Waals surface area contributed by atoms with E-state index in [0.29, 0.717) is 5.82 Å². The van der Waals surface area contributed by atoms with Crippen LogP contribution in [0.1, 0.15) is 11.3 Å². The lowest BCUT2D eigenvalue weighted by molar-refractivity contribution is 1.11. The molecule has 1 aromatic carbocycles. The van der Waals surface area contributed by atoms with Crippen molar-refractivity contribution in [3.05, 3.63) is 57.8 Å². The Morgan fingerprint density at radius 1 is 1.17 bits per heavy atom. The van der Waals surface area contributed by atoms with E-state index in [9.17, 15) is 0 Å². The van der Waals surface area contributed by atoms with E-state index in [4.69, 9.17) is 5.73 Å². The van der Waals surface area contributed by atoms with Crippen molar-refractivity contribution in [2.75, 3.05) is 5.73 Å². The first-order chi connectivity index (χ1) is 11.2. The fraction of sp³-hybridized carbons (Fsp3) is 0.0625. The number of rotatable bonds is 3. The van der Waals surface area contributed by atoms with E-state index in [-0.39, 0.29) is 0 Å². The topological polar surface area (TPSA) is 80.5 Å². The lowest BCUT2D eigenvalue weighted by Crippen LogP contribution is -1.91. The van der Waals surface area contributed by atoms with E-state index in [2.05, 4.69) is 66.8 Å². The molecule has 0 bridgehead atoms. The highest BCUT2D eigenvalue weighted by Crippen LogP contribution is 2.34. The number of nitrogens with two attached hydrogens (primary N) is 1. The number of nitrogen functional groups attached to an aromatic ring is 1. The summed E-state index contributed by atoms with van der Waals surface area (Å²) in [4.78, 5) is 18.0. The summed E-state index contributed by atoms with van der Waals surface area (Å²) in [5, 5.41) is 0.885. The zero-order valence-corrected chi connectivity index (χ0v) is 14.9. The largest absolute Gasteiger partial charge is 0.383 e. The van der Waals surface area contributed by atoms with E-state index in [1.165, 1.54) is 15.5 Å². The number of fused-ring (bicyclic) bond motifs is 1. The molecule has 23 heavy (non-hydrogen) atoms. The van der Waals surface area contributed by atoms with Crippen molar-refractivity contribution in [3.63, 3.8) is 0 Å².